The maximum atomic E-state index is 12.5. The van der Waals surface area contributed by atoms with Crippen LogP contribution in [0.2, 0.25) is 5.02 Å². The number of nitrogens with zero attached hydrogens (tertiary/aromatic N) is 4. The normalized spacial score (nSPS) is 15.9. The quantitative estimate of drug-likeness (QED) is 0.849. The molecule has 1 amide bonds. The third-order valence-corrected chi connectivity index (χ3v) is 4.15. The van der Waals surface area contributed by atoms with Gasteiger partial charge in [-0.2, -0.15) is 0 Å². The zero-order valence-electron chi connectivity index (χ0n) is 13.4. The third-order valence-electron chi connectivity index (χ3n) is 3.90. The van der Waals surface area contributed by atoms with Crippen molar-refractivity contribution in [3.8, 4) is 5.75 Å². The highest BCUT2D eigenvalue weighted by Crippen LogP contribution is 2.18. The van der Waals surface area contributed by atoms with Gasteiger partial charge in [-0.3, -0.25) is 4.79 Å². The summed E-state index contributed by atoms with van der Waals surface area (Å²) in [4.78, 5) is 24.9. The summed E-state index contributed by atoms with van der Waals surface area (Å²) in [6.45, 7) is 4.45. The van der Waals surface area contributed by atoms with Crippen LogP contribution >= 0.6 is 11.6 Å². The summed E-state index contributed by atoms with van der Waals surface area (Å²) in [5.74, 6) is 1.32. The van der Waals surface area contributed by atoms with Crippen molar-refractivity contribution in [2.45, 2.75) is 13.0 Å². The SMILES string of the molecule is C[C@@H](Oc1ccc(Cl)cc1)C(=O)N1CCN(c2ncccn2)CC1. The van der Waals surface area contributed by atoms with Gasteiger partial charge in [0, 0.05) is 43.6 Å². The second kappa shape index (κ2) is 7.49. The highest BCUT2D eigenvalue weighted by Gasteiger charge is 2.26. The molecule has 24 heavy (non-hydrogen) atoms. The Hall–Kier alpha value is -2.34. The molecule has 3 rings (SSSR count). The second-order valence-electron chi connectivity index (χ2n) is 5.58. The molecule has 1 aliphatic heterocycles. The molecular weight excluding hydrogens is 328 g/mol. The van der Waals surface area contributed by atoms with E-state index in [-0.39, 0.29) is 5.91 Å². The van der Waals surface area contributed by atoms with Crippen LogP contribution in [0, 0.1) is 0 Å². The molecule has 7 heteroatoms. The summed E-state index contributed by atoms with van der Waals surface area (Å²) >= 11 is 5.85. The largest absolute Gasteiger partial charge is 0.481 e. The summed E-state index contributed by atoms with van der Waals surface area (Å²) < 4.78 is 5.71. The van der Waals surface area contributed by atoms with E-state index in [0.717, 1.165) is 0 Å². The Morgan fingerprint density at radius 3 is 2.38 bits per heavy atom. The molecule has 2 aromatic rings. The molecule has 126 valence electrons. The van der Waals surface area contributed by atoms with Gasteiger partial charge in [-0.15, -0.1) is 0 Å². The van der Waals surface area contributed by atoms with Crippen molar-refractivity contribution in [1.82, 2.24) is 14.9 Å². The predicted molar refractivity (Wildman–Crippen MR) is 92.4 cm³/mol. The topological polar surface area (TPSA) is 58.6 Å². The number of aromatic nitrogens is 2. The smallest absolute Gasteiger partial charge is 0.263 e. The molecule has 1 aliphatic rings. The average Bonchev–Trinajstić information content (AvgIpc) is 2.64. The van der Waals surface area contributed by atoms with Gasteiger partial charge in [0.05, 0.1) is 0 Å². The van der Waals surface area contributed by atoms with Gasteiger partial charge >= 0.3 is 0 Å². The highest BCUT2D eigenvalue weighted by molar-refractivity contribution is 6.30. The van der Waals surface area contributed by atoms with Crippen LogP contribution in [0.5, 0.6) is 5.75 Å². The molecule has 1 saturated heterocycles. The number of hydrogen-bond acceptors (Lipinski definition) is 5. The Balaban J connectivity index is 1.53. The number of ether oxygens (including phenoxy) is 1. The number of amides is 1. The second-order valence-corrected chi connectivity index (χ2v) is 6.01. The number of carbonyl (C=O) groups is 1. The van der Waals surface area contributed by atoms with Crippen LogP contribution in [0.15, 0.2) is 42.7 Å². The van der Waals surface area contributed by atoms with E-state index >= 15 is 0 Å². The molecule has 1 aromatic carbocycles. The van der Waals surface area contributed by atoms with Crippen LogP contribution in [0.4, 0.5) is 5.95 Å². The number of anilines is 1. The van der Waals surface area contributed by atoms with Crippen molar-refractivity contribution in [3.63, 3.8) is 0 Å². The molecule has 0 aliphatic carbocycles. The molecule has 0 unspecified atom stereocenters. The molecule has 1 aromatic heterocycles. The van der Waals surface area contributed by atoms with Gasteiger partial charge in [0.1, 0.15) is 5.75 Å². The molecule has 0 saturated carbocycles. The van der Waals surface area contributed by atoms with Gasteiger partial charge in [0.15, 0.2) is 6.10 Å². The molecule has 0 bridgehead atoms. The molecular formula is C17H19ClN4O2. The van der Waals surface area contributed by atoms with E-state index in [1.807, 2.05) is 4.90 Å². The van der Waals surface area contributed by atoms with Crippen LogP contribution in [0.25, 0.3) is 0 Å². The monoisotopic (exact) mass is 346 g/mol. The van der Waals surface area contributed by atoms with Crippen molar-refractivity contribution in [2.75, 3.05) is 31.1 Å². The van der Waals surface area contributed by atoms with E-state index < -0.39 is 6.10 Å². The maximum Gasteiger partial charge on any atom is 0.263 e. The number of hydrogen-bond donors (Lipinski definition) is 0. The first-order chi connectivity index (χ1) is 11.6. The first kappa shape index (κ1) is 16.5. The molecule has 6 nitrogen and oxygen atoms in total. The van der Waals surface area contributed by atoms with Crippen molar-refractivity contribution in [2.24, 2.45) is 0 Å². The summed E-state index contributed by atoms with van der Waals surface area (Å²) in [7, 11) is 0. The number of rotatable bonds is 4. The lowest BCUT2D eigenvalue weighted by molar-refractivity contribution is -0.138. The van der Waals surface area contributed by atoms with Gasteiger partial charge in [-0.05, 0) is 37.3 Å². The first-order valence-electron chi connectivity index (χ1n) is 7.86. The van der Waals surface area contributed by atoms with E-state index in [4.69, 9.17) is 16.3 Å². The van der Waals surface area contributed by atoms with Crippen molar-refractivity contribution in [3.05, 3.63) is 47.7 Å². The molecule has 2 heterocycles. The van der Waals surface area contributed by atoms with Crippen LogP contribution < -0.4 is 9.64 Å². The Kier molecular flexibility index (Phi) is 5.15. The minimum atomic E-state index is -0.536. The number of benzene rings is 1. The summed E-state index contributed by atoms with van der Waals surface area (Å²) in [6, 6.07) is 8.80. The van der Waals surface area contributed by atoms with E-state index in [1.165, 1.54) is 0 Å². The standard InChI is InChI=1S/C17H19ClN4O2/c1-13(24-15-5-3-14(18)4-6-15)16(23)21-9-11-22(12-10-21)17-19-7-2-8-20-17/h2-8,13H,9-12H2,1H3/t13-/m1/s1. The van der Waals surface area contributed by atoms with Crippen LogP contribution in [-0.4, -0.2) is 53.1 Å². The Morgan fingerprint density at radius 1 is 1.12 bits per heavy atom. The fourth-order valence-corrected chi connectivity index (χ4v) is 2.73. The average molecular weight is 347 g/mol. The molecule has 0 N–H and O–H groups in total. The van der Waals surface area contributed by atoms with Crippen molar-refractivity contribution >= 4 is 23.5 Å². The van der Waals surface area contributed by atoms with Gasteiger partial charge in [-0.25, -0.2) is 9.97 Å². The van der Waals surface area contributed by atoms with E-state index in [0.29, 0.717) is 42.9 Å². The van der Waals surface area contributed by atoms with E-state index in [2.05, 4.69) is 14.9 Å². The maximum absolute atomic E-state index is 12.5. The summed E-state index contributed by atoms with van der Waals surface area (Å²) in [5, 5.41) is 0.639. The number of carbonyl (C=O) groups excluding carboxylic acids is 1. The summed E-state index contributed by atoms with van der Waals surface area (Å²) in [5.41, 5.74) is 0. The van der Waals surface area contributed by atoms with Crippen LogP contribution in [0.3, 0.4) is 0 Å². The lowest BCUT2D eigenvalue weighted by Crippen LogP contribution is -2.52. The number of piperazine rings is 1. The zero-order chi connectivity index (χ0) is 16.9. The fourth-order valence-electron chi connectivity index (χ4n) is 2.61. The molecule has 1 fully saturated rings. The zero-order valence-corrected chi connectivity index (χ0v) is 14.2. The number of halogens is 1. The Labute approximate surface area is 146 Å². The van der Waals surface area contributed by atoms with Gasteiger partial charge in [-0.1, -0.05) is 11.6 Å². The highest BCUT2D eigenvalue weighted by atomic mass is 35.5. The van der Waals surface area contributed by atoms with E-state index in [1.54, 1.807) is 49.6 Å². The predicted octanol–water partition coefficient (Wildman–Crippen LogP) is 2.25. The van der Waals surface area contributed by atoms with Gasteiger partial charge in [0.2, 0.25) is 5.95 Å². The lowest BCUT2D eigenvalue weighted by Gasteiger charge is -2.35. The first-order valence-corrected chi connectivity index (χ1v) is 8.24. The minimum Gasteiger partial charge on any atom is -0.481 e. The van der Waals surface area contributed by atoms with Gasteiger partial charge in [0.25, 0.3) is 5.91 Å². The Bertz CT molecular complexity index is 673. The van der Waals surface area contributed by atoms with Crippen LogP contribution in [0.1, 0.15) is 6.92 Å². The lowest BCUT2D eigenvalue weighted by atomic mass is 10.2. The molecule has 0 radical (unpaired) electrons. The minimum absolute atomic E-state index is 0.0152. The molecule has 1 atom stereocenters. The Morgan fingerprint density at radius 2 is 1.75 bits per heavy atom. The van der Waals surface area contributed by atoms with Crippen molar-refractivity contribution in [1.29, 1.82) is 0 Å². The molecule has 0 spiro atoms. The van der Waals surface area contributed by atoms with E-state index in [9.17, 15) is 4.79 Å². The third kappa shape index (κ3) is 3.94. The summed E-state index contributed by atoms with van der Waals surface area (Å²) in [6.07, 6.45) is 2.91. The van der Waals surface area contributed by atoms with Crippen molar-refractivity contribution < 1.29 is 9.53 Å². The fraction of sp³-hybridized carbons (Fsp3) is 0.353. The van der Waals surface area contributed by atoms with Gasteiger partial charge < -0.3 is 14.5 Å². The van der Waals surface area contributed by atoms with Crippen LogP contribution in [-0.2, 0) is 4.79 Å².